The predicted octanol–water partition coefficient (Wildman–Crippen LogP) is 6.82. The minimum Gasteiger partial charge on any atom is -0.493 e. The van der Waals surface area contributed by atoms with Crippen molar-refractivity contribution >= 4 is 52.2 Å². The normalized spacial score (nSPS) is 14.8. The number of imide groups is 1. The Morgan fingerprint density at radius 1 is 0.939 bits per heavy atom. The van der Waals surface area contributed by atoms with E-state index in [9.17, 15) is 9.59 Å². The molecule has 1 aliphatic heterocycles. The van der Waals surface area contributed by atoms with Crippen LogP contribution in [0.3, 0.4) is 0 Å². The van der Waals surface area contributed by atoms with Crippen molar-refractivity contribution in [1.82, 2.24) is 4.90 Å². The van der Waals surface area contributed by atoms with Gasteiger partial charge in [-0.05, 0) is 53.2 Å². The first kappa shape index (κ1) is 23.2. The third-order valence-corrected chi connectivity index (χ3v) is 6.59. The number of ether oxygens (including phenoxy) is 2. The van der Waals surface area contributed by atoms with Crippen molar-refractivity contribution in [2.75, 3.05) is 7.11 Å². The minimum atomic E-state index is -0.324. The molecule has 1 aliphatic rings. The summed E-state index contributed by atoms with van der Waals surface area (Å²) in [4.78, 5) is 26.9. The van der Waals surface area contributed by atoms with E-state index in [4.69, 9.17) is 32.7 Å². The lowest BCUT2D eigenvalue weighted by Gasteiger charge is -2.13. The Bertz CT molecular complexity index is 1210. The second kappa shape index (κ2) is 10.3. The van der Waals surface area contributed by atoms with Crippen molar-refractivity contribution < 1.29 is 19.1 Å². The highest BCUT2D eigenvalue weighted by Gasteiger charge is 2.35. The quantitative estimate of drug-likeness (QED) is 0.334. The van der Waals surface area contributed by atoms with Crippen molar-refractivity contribution in [3.05, 3.63) is 98.4 Å². The van der Waals surface area contributed by atoms with Gasteiger partial charge in [0, 0.05) is 15.6 Å². The van der Waals surface area contributed by atoms with Gasteiger partial charge in [-0.1, -0.05) is 65.7 Å². The highest BCUT2D eigenvalue weighted by Crippen LogP contribution is 2.36. The fourth-order valence-corrected chi connectivity index (χ4v) is 4.61. The number of amides is 2. The molecule has 2 amide bonds. The van der Waals surface area contributed by atoms with Crippen LogP contribution in [0.5, 0.6) is 11.5 Å². The Labute approximate surface area is 205 Å². The first-order valence-electron chi connectivity index (χ1n) is 9.99. The molecule has 0 bridgehead atoms. The maximum atomic E-state index is 12.8. The van der Waals surface area contributed by atoms with Crippen molar-refractivity contribution in [2.24, 2.45) is 0 Å². The van der Waals surface area contributed by atoms with E-state index < -0.39 is 0 Å². The Kier molecular flexibility index (Phi) is 7.28. The zero-order valence-electron chi connectivity index (χ0n) is 17.6. The lowest BCUT2D eigenvalue weighted by Crippen LogP contribution is -2.27. The third kappa shape index (κ3) is 5.36. The second-order valence-corrected chi connectivity index (χ2v) is 8.96. The SMILES string of the molecule is COc1ccc(/C=C2\SC(=O)N(Cc3ccccc3)C2=O)cc1OCc1c(Cl)cccc1Cl. The fraction of sp³-hybridized carbons (Fsp3) is 0.120. The molecule has 0 spiro atoms. The van der Waals surface area contributed by atoms with Crippen molar-refractivity contribution in [2.45, 2.75) is 13.2 Å². The molecule has 0 unspecified atom stereocenters. The molecule has 4 rings (SSSR count). The molecule has 168 valence electrons. The van der Waals surface area contributed by atoms with Crippen LogP contribution in [-0.2, 0) is 17.9 Å². The summed E-state index contributed by atoms with van der Waals surface area (Å²) in [5, 5.41) is 0.711. The second-order valence-electron chi connectivity index (χ2n) is 7.15. The number of carbonyl (C=O) groups excluding carboxylic acids is 2. The summed E-state index contributed by atoms with van der Waals surface area (Å²) in [5.41, 5.74) is 2.25. The van der Waals surface area contributed by atoms with E-state index in [1.807, 2.05) is 30.3 Å². The lowest BCUT2D eigenvalue weighted by molar-refractivity contribution is -0.123. The molecule has 0 saturated carbocycles. The van der Waals surface area contributed by atoms with E-state index in [2.05, 4.69) is 0 Å². The zero-order valence-corrected chi connectivity index (χ0v) is 19.9. The number of rotatable bonds is 7. The molecule has 1 fully saturated rings. The van der Waals surface area contributed by atoms with Crippen LogP contribution in [0.1, 0.15) is 16.7 Å². The molecule has 0 atom stereocenters. The van der Waals surface area contributed by atoms with Gasteiger partial charge in [-0.2, -0.15) is 0 Å². The Hall–Kier alpha value is -2.93. The van der Waals surface area contributed by atoms with Gasteiger partial charge in [-0.25, -0.2) is 0 Å². The highest BCUT2D eigenvalue weighted by atomic mass is 35.5. The van der Waals surface area contributed by atoms with Crippen LogP contribution in [0.25, 0.3) is 6.08 Å². The van der Waals surface area contributed by atoms with E-state index in [1.165, 1.54) is 4.90 Å². The predicted molar refractivity (Wildman–Crippen MR) is 132 cm³/mol. The smallest absolute Gasteiger partial charge is 0.293 e. The molecule has 3 aromatic rings. The Balaban J connectivity index is 1.54. The molecule has 5 nitrogen and oxygen atoms in total. The van der Waals surface area contributed by atoms with Gasteiger partial charge in [0.05, 0.1) is 18.6 Å². The molecule has 0 aromatic heterocycles. The van der Waals surface area contributed by atoms with Gasteiger partial charge < -0.3 is 9.47 Å². The molecule has 3 aromatic carbocycles. The number of carbonyl (C=O) groups is 2. The molecular weight excluding hydrogens is 481 g/mol. The monoisotopic (exact) mass is 499 g/mol. The van der Waals surface area contributed by atoms with Crippen LogP contribution < -0.4 is 9.47 Å². The maximum absolute atomic E-state index is 12.8. The number of nitrogens with zero attached hydrogens (tertiary/aromatic N) is 1. The van der Waals surface area contributed by atoms with Crippen LogP contribution in [-0.4, -0.2) is 23.2 Å². The first-order chi connectivity index (χ1) is 16.0. The summed E-state index contributed by atoms with van der Waals surface area (Å²) in [5.74, 6) is 0.660. The molecule has 33 heavy (non-hydrogen) atoms. The van der Waals surface area contributed by atoms with Gasteiger partial charge in [0.1, 0.15) is 6.61 Å². The van der Waals surface area contributed by atoms with Gasteiger partial charge in [-0.15, -0.1) is 0 Å². The van der Waals surface area contributed by atoms with Crippen LogP contribution in [0.15, 0.2) is 71.6 Å². The number of halogens is 2. The number of methoxy groups -OCH3 is 1. The molecule has 8 heteroatoms. The molecular formula is C25H19Cl2NO4S. The topological polar surface area (TPSA) is 55.8 Å². The van der Waals surface area contributed by atoms with Gasteiger partial charge in [-0.3, -0.25) is 14.5 Å². The van der Waals surface area contributed by atoms with Crippen molar-refractivity contribution in [3.8, 4) is 11.5 Å². The molecule has 1 saturated heterocycles. The summed E-state index contributed by atoms with van der Waals surface area (Å²) < 4.78 is 11.3. The summed E-state index contributed by atoms with van der Waals surface area (Å²) in [7, 11) is 1.54. The molecule has 0 aliphatic carbocycles. The van der Waals surface area contributed by atoms with E-state index in [-0.39, 0.29) is 24.3 Å². The van der Waals surface area contributed by atoms with Crippen molar-refractivity contribution in [1.29, 1.82) is 0 Å². The average molecular weight is 500 g/mol. The van der Waals surface area contributed by atoms with E-state index in [0.29, 0.717) is 37.6 Å². The van der Waals surface area contributed by atoms with E-state index in [1.54, 1.807) is 49.6 Å². The molecule has 0 radical (unpaired) electrons. The molecule has 1 heterocycles. The number of benzene rings is 3. The average Bonchev–Trinajstić information content (AvgIpc) is 3.07. The largest absolute Gasteiger partial charge is 0.493 e. The highest BCUT2D eigenvalue weighted by molar-refractivity contribution is 8.18. The summed E-state index contributed by atoms with van der Waals surface area (Å²) in [6, 6.07) is 19.9. The molecule has 0 N–H and O–H groups in total. The summed E-state index contributed by atoms with van der Waals surface area (Å²) >= 11 is 13.4. The van der Waals surface area contributed by atoms with Gasteiger partial charge in [0.25, 0.3) is 11.1 Å². The summed E-state index contributed by atoms with van der Waals surface area (Å²) in [6.45, 7) is 0.379. The Morgan fingerprint density at radius 2 is 1.67 bits per heavy atom. The van der Waals surface area contributed by atoms with Crippen LogP contribution in [0, 0.1) is 0 Å². The van der Waals surface area contributed by atoms with Crippen molar-refractivity contribution in [3.63, 3.8) is 0 Å². The van der Waals surface area contributed by atoms with Crippen LogP contribution >= 0.6 is 35.0 Å². The van der Waals surface area contributed by atoms with Crippen LogP contribution in [0.2, 0.25) is 10.0 Å². The number of thioether (sulfide) groups is 1. The Morgan fingerprint density at radius 3 is 2.36 bits per heavy atom. The lowest BCUT2D eigenvalue weighted by atomic mass is 10.1. The standard InChI is InChI=1S/C25H19Cl2NO4S/c1-31-21-11-10-17(12-22(21)32-15-18-19(26)8-5-9-20(18)27)13-23-24(29)28(25(30)33-23)14-16-6-3-2-4-7-16/h2-13H,14-15H2,1H3/b23-13-. The number of hydrogen-bond donors (Lipinski definition) is 0. The zero-order chi connectivity index (χ0) is 23.4. The van der Waals surface area contributed by atoms with Gasteiger partial charge in [0.15, 0.2) is 11.5 Å². The van der Waals surface area contributed by atoms with Gasteiger partial charge >= 0.3 is 0 Å². The minimum absolute atomic E-state index is 0.145. The maximum Gasteiger partial charge on any atom is 0.293 e. The van der Waals surface area contributed by atoms with Gasteiger partial charge in [0.2, 0.25) is 0 Å². The third-order valence-electron chi connectivity index (χ3n) is 4.98. The first-order valence-corrected chi connectivity index (χ1v) is 11.6. The number of hydrogen-bond acceptors (Lipinski definition) is 5. The van der Waals surface area contributed by atoms with E-state index >= 15 is 0 Å². The summed E-state index contributed by atoms with van der Waals surface area (Å²) in [6.07, 6.45) is 1.67. The van der Waals surface area contributed by atoms with E-state index in [0.717, 1.165) is 17.3 Å². The van der Waals surface area contributed by atoms with Crippen LogP contribution in [0.4, 0.5) is 4.79 Å². The fourth-order valence-electron chi connectivity index (χ4n) is 3.27.